The molecule has 214 valence electrons. The Morgan fingerprint density at radius 2 is 1.95 bits per heavy atom. The molecule has 41 heavy (non-hydrogen) atoms. The van der Waals surface area contributed by atoms with Gasteiger partial charge in [0.15, 0.2) is 5.17 Å². The molecule has 2 aliphatic rings. The number of thioether (sulfide) groups is 1. The summed E-state index contributed by atoms with van der Waals surface area (Å²) in [6.07, 6.45) is 7.26. The van der Waals surface area contributed by atoms with Crippen molar-refractivity contribution in [1.82, 2.24) is 25.2 Å². The fraction of sp³-hybridized carbons (Fsp3) is 0.387. The number of nitrogens with one attached hydrogen (secondary N) is 4. The molecule has 2 aromatic heterocycles. The molecule has 4 atom stereocenters. The number of H-pyrrole nitrogens is 1. The highest BCUT2D eigenvalue weighted by Crippen LogP contribution is 2.29. The summed E-state index contributed by atoms with van der Waals surface area (Å²) in [6, 6.07) is 21.4. The highest BCUT2D eigenvalue weighted by molar-refractivity contribution is 8.13. The molecule has 0 amide bonds. The molecule has 0 aliphatic carbocycles. The number of fused-ring (bicyclic) bond motifs is 1. The zero-order chi connectivity index (χ0) is 28.2. The number of benzene rings is 2. The summed E-state index contributed by atoms with van der Waals surface area (Å²) in [5, 5.41) is 15.8. The molecule has 4 aromatic rings. The topological polar surface area (TPSA) is 134 Å². The van der Waals surface area contributed by atoms with Crippen molar-refractivity contribution in [3.63, 3.8) is 0 Å². The van der Waals surface area contributed by atoms with E-state index in [1.165, 1.54) is 29.3 Å². The van der Waals surface area contributed by atoms with Crippen molar-refractivity contribution >= 4 is 28.0 Å². The summed E-state index contributed by atoms with van der Waals surface area (Å²) in [7, 11) is 0. The molecule has 2 fully saturated rings. The second-order valence-electron chi connectivity index (χ2n) is 11.0. The van der Waals surface area contributed by atoms with Crippen molar-refractivity contribution in [1.29, 1.82) is 5.41 Å². The number of hydrogen-bond donors (Lipinski definition) is 5. The Bertz CT molecular complexity index is 1540. The van der Waals surface area contributed by atoms with Gasteiger partial charge in [-0.05, 0) is 55.0 Å². The van der Waals surface area contributed by atoms with Gasteiger partial charge in [0, 0.05) is 47.7 Å². The number of hydrogen-bond acceptors (Lipinski definition) is 7. The van der Waals surface area contributed by atoms with E-state index < -0.39 is 0 Å². The number of aromatic amines is 1. The highest BCUT2D eigenvalue weighted by atomic mass is 32.2. The molecule has 6 rings (SSSR count). The van der Waals surface area contributed by atoms with Gasteiger partial charge in [0.2, 0.25) is 0 Å². The van der Waals surface area contributed by atoms with Crippen molar-refractivity contribution in [3.05, 3.63) is 94.2 Å². The lowest BCUT2D eigenvalue weighted by atomic mass is 9.92. The van der Waals surface area contributed by atoms with Gasteiger partial charge in [-0.1, -0.05) is 60.6 Å². The molecular weight excluding hydrogens is 534 g/mol. The van der Waals surface area contributed by atoms with Crippen LogP contribution in [0.25, 0.3) is 16.7 Å². The number of piperidine rings is 1. The molecule has 10 heteroatoms. The quantitative estimate of drug-likeness (QED) is 0.147. The Labute approximate surface area is 243 Å². The zero-order valence-electron chi connectivity index (χ0n) is 23.0. The minimum atomic E-state index is -0.305. The Hall–Kier alpha value is -3.44. The van der Waals surface area contributed by atoms with Crippen LogP contribution in [0.4, 0.5) is 0 Å². The lowest BCUT2D eigenvalue weighted by Crippen LogP contribution is -2.37. The Kier molecular flexibility index (Phi) is 8.52. The first-order chi connectivity index (χ1) is 20.0. The van der Waals surface area contributed by atoms with Gasteiger partial charge in [0.05, 0.1) is 18.4 Å². The van der Waals surface area contributed by atoms with Gasteiger partial charge in [-0.3, -0.25) is 9.98 Å². The van der Waals surface area contributed by atoms with Crippen LogP contribution >= 0.6 is 11.8 Å². The van der Waals surface area contributed by atoms with E-state index in [1.54, 1.807) is 4.57 Å². The second-order valence-corrected chi connectivity index (χ2v) is 12.1. The number of aromatic nitrogens is 3. The SMILES string of the molecule is N=C(N)SCC[C@@H]1CCC[C@@H](c2ccc(-n3cc4cc([C@@H]5C[C@@H](OCc6ccccc6)CN5)[nH]c4nc3=O)cc2)N1. The van der Waals surface area contributed by atoms with Gasteiger partial charge in [-0.15, -0.1) is 0 Å². The standard InChI is InChI=1S/C31H37N7O2S/c32-30(33)41-14-13-23-7-4-8-26(35-23)21-9-11-24(12-10-21)38-18-22-15-28(36-29(22)37-31(38)39)27-16-25(17-34-27)40-19-20-5-2-1-3-6-20/h1-3,5-6,9-12,15,18,23,25-27,34-35H,4,7-8,13-14,16-17,19H2,(H3,32,33)(H,36,37,39)/t23-,25+,26-,27-/m0/s1. The number of ether oxygens (including phenoxy) is 1. The van der Waals surface area contributed by atoms with Gasteiger partial charge >= 0.3 is 5.69 Å². The van der Waals surface area contributed by atoms with Crippen LogP contribution in [-0.2, 0) is 11.3 Å². The molecule has 0 radical (unpaired) electrons. The first kappa shape index (κ1) is 27.7. The van der Waals surface area contributed by atoms with Gasteiger partial charge in [0.1, 0.15) is 5.65 Å². The Morgan fingerprint density at radius 3 is 2.76 bits per heavy atom. The van der Waals surface area contributed by atoms with Crippen molar-refractivity contribution in [3.8, 4) is 5.69 Å². The molecule has 4 heterocycles. The third kappa shape index (κ3) is 6.73. The van der Waals surface area contributed by atoms with Crippen LogP contribution in [-0.4, -0.2) is 44.1 Å². The lowest BCUT2D eigenvalue weighted by Gasteiger charge is -2.31. The van der Waals surface area contributed by atoms with Crippen LogP contribution in [0, 0.1) is 5.41 Å². The van der Waals surface area contributed by atoms with E-state index in [0.29, 0.717) is 18.3 Å². The molecule has 0 bridgehead atoms. The van der Waals surface area contributed by atoms with Gasteiger partial charge in [0.25, 0.3) is 0 Å². The van der Waals surface area contributed by atoms with E-state index in [9.17, 15) is 4.79 Å². The van der Waals surface area contributed by atoms with E-state index >= 15 is 0 Å². The lowest BCUT2D eigenvalue weighted by molar-refractivity contribution is 0.0525. The van der Waals surface area contributed by atoms with E-state index in [1.807, 2.05) is 36.5 Å². The number of nitrogens with zero attached hydrogens (tertiary/aromatic N) is 2. The van der Waals surface area contributed by atoms with Crippen LogP contribution in [0.2, 0.25) is 0 Å². The molecule has 9 nitrogen and oxygen atoms in total. The largest absolute Gasteiger partial charge is 0.379 e. The summed E-state index contributed by atoms with van der Waals surface area (Å²) >= 11 is 1.40. The maximum atomic E-state index is 13.0. The zero-order valence-corrected chi connectivity index (χ0v) is 23.8. The van der Waals surface area contributed by atoms with E-state index in [4.69, 9.17) is 15.9 Å². The molecule has 2 aromatic carbocycles. The molecule has 0 spiro atoms. The molecule has 0 saturated carbocycles. The molecule has 0 unspecified atom stereocenters. The highest BCUT2D eigenvalue weighted by Gasteiger charge is 2.27. The summed E-state index contributed by atoms with van der Waals surface area (Å²) in [5.74, 6) is 0.858. The molecule has 2 aliphatic heterocycles. The monoisotopic (exact) mass is 571 g/mol. The summed E-state index contributed by atoms with van der Waals surface area (Å²) in [5.41, 5.74) is 9.99. The smallest absolute Gasteiger partial charge is 0.354 e. The van der Waals surface area contributed by atoms with Crippen LogP contribution in [0.15, 0.2) is 71.7 Å². The number of rotatable bonds is 9. The first-order valence-electron chi connectivity index (χ1n) is 14.4. The third-order valence-corrected chi connectivity index (χ3v) is 8.85. The van der Waals surface area contributed by atoms with Gasteiger partial charge in [-0.25, -0.2) is 4.79 Å². The fourth-order valence-electron chi connectivity index (χ4n) is 5.93. The normalized spacial score (nSPS) is 22.7. The average Bonchev–Trinajstić information content (AvgIpc) is 3.63. The third-order valence-electron chi connectivity index (χ3n) is 8.10. The summed E-state index contributed by atoms with van der Waals surface area (Å²) in [6.45, 7) is 1.39. The van der Waals surface area contributed by atoms with Crippen molar-refractivity contribution in [2.75, 3.05) is 12.3 Å². The minimum absolute atomic E-state index is 0.126. The van der Waals surface area contributed by atoms with Gasteiger partial charge < -0.3 is 26.1 Å². The fourth-order valence-corrected chi connectivity index (χ4v) is 6.55. The van der Waals surface area contributed by atoms with E-state index in [-0.39, 0.29) is 29.0 Å². The predicted molar refractivity (Wildman–Crippen MR) is 165 cm³/mol. The summed E-state index contributed by atoms with van der Waals surface area (Å²) < 4.78 is 7.75. The van der Waals surface area contributed by atoms with Crippen molar-refractivity contribution in [2.24, 2.45) is 5.73 Å². The Balaban J connectivity index is 1.10. The molecule has 6 N–H and O–H groups in total. The second kappa shape index (κ2) is 12.6. The molecule has 2 saturated heterocycles. The average molecular weight is 572 g/mol. The molecular formula is C31H37N7O2S. The number of nitrogens with two attached hydrogens (primary N) is 1. The first-order valence-corrected chi connectivity index (χ1v) is 15.3. The van der Waals surface area contributed by atoms with Crippen molar-refractivity contribution < 1.29 is 4.74 Å². The van der Waals surface area contributed by atoms with Crippen LogP contribution in [0.5, 0.6) is 0 Å². The maximum Gasteiger partial charge on any atom is 0.354 e. The van der Waals surface area contributed by atoms with Crippen molar-refractivity contribution in [2.45, 2.75) is 62.9 Å². The van der Waals surface area contributed by atoms with E-state index in [2.05, 4.69) is 50.9 Å². The van der Waals surface area contributed by atoms with E-state index in [0.717, 1.165) is 54.7 Å². The van der Waals surface area contributed by atoms with Crippen LogP contribution in [0.1, 0.15) is 61.0 Å². The predicted octanol–water partition coefficient (Wildman–Crippen LogP) is 4.53. The van der Waals surface area contributed by atoms with Crippen LogP contribution in [0.3, 0.4) is 0 Å². The van der Waals surface area contributed by atoms with Gasteiger partial charge in [-0.2, -0.15) is 4.98 Å². The Morgan fingerprint density at radius 1 is 1.12 bits per heavy atom. The maximum absolute atomic E-state index is 13.0. The van der Waals surface area contributed by atoms with Crippen LogP contribution < -0.4 is 22.1 Å². The number of amidine groups is 1. The minimum Gasteiger partial charge on any atom is -0.379 e. The summed E-state index contributed by atoms with van der Waals surface area (Å²) in [4.78, 5) is 20.7.